The van der Waals surface area contributed by atoms with Gasteiger partial charge in [0, 0.05) is 5.54 Å². The van der Waals surface area contributed by atoms with E-state index in [-0.39, 0.29) is 10.7 Å². The van der Waals surface area contributed by atoms with Crippen molar-refractivity contribution in [3.05, 3.63) is 34.6 Å². The van der Waals surface area contributed by atoms with Gasteiger partial charge in [-0.3, -0.25) is 5.43 Å². The molecule has 4 bridgehead atoms. The monoisotopic (exact) mass is 403 g/mol. The summed E-state index contributed by atoms with van der Waals surface area (Å²) >= 11 is 5.21. The van der Waals surface area contributed by atoms with E-state index in [1.165, 1.54) is 19.3 Å². The van der Waals surface area contributed by atoms with Crippen molar-refractivity contribution >= 4 is 23.5 Å². The average Bonchev–Trinajstić information content (AvgIpc) is 2.59. The van der Waals surface area contributed by atoms with Crippen molar-refractivity contribution in [2.45, 2.75) is 44.1 Å². The van der Waals surface area contributed by atoms with Crippen molar-refractivity contribution in [1.29, 1.82) is 0 Å². The van der Waals surface area contributed by atoms with E-state index in [0.717, 1.165) is 19.3 Å². The van der Waals surface area contributed by atoms with Crippen LogP contribution in [0, 0.1) is 46.8 Å². The first kappa shape index (κ1) is 18.6. The van der Waals surface area contributed by atoms with Crippen molar-refractivity contribution in [3.8, 4) is 0 Å². The number of benzene rings is 1. The molecule has 0 spiro atoms. The number of hydrazone groups is 1. The summed E-state index contributed by atoms with van der Waals surface area (Å²) in [7, 11) is 0. The van der Waals surface area contributed by atoms with Gasteiger partial charge >= 0.3 is 0 Å². The molecule has 2 N–H and O–H groups in total. The highest BCUT2D eigenvalue weighted by molar-refractivity contribution is 7.80. The molecule has 4 saturated carbocycles. The Morgan fingerprint density at radius 3 is 1.78 bits per heavy atom. The third-order valence-electron chi connectivity index (χ3n) is 6.02. The molecule has 4 aliphatic rings. The van der Waals surface area contributed by atoms with E-state index in [1.807, 2.05) is 0 Å². The zero-order chi connectivity index (χ0) is 19.3. The van der Waals surface area contributed by atoms with Crippen LogP contribution in [-0.2, 0) is 0 Å². The van der Waals surface area contributed by atoms with Crippen molar-refractivity contribution in [1.82, 2.24) is 10.7 Å². The maximum Gasteiger partial charge on any atom is 0.200 e. The fraction of sp³-hybridized carbons (Fsp3) is 0.556. The zero-order valence-corrected chi connectivity index (χ0v) is 15.1. The van der Waals surface area contributed by atoms with Crippen LogP contribution >= 0.6 is 12.2 Å². The molecule has 0 saturated heterocycles. The van der Waals surface area contributed by atoms with Gasteiger partial charge in [0.2, 0.25) is 5.82 Å². The van der Waals surface area contributed by atoms with Crippen LogP contribution in [0.2, 0.25) is 0 Å². The molecule has 0 atom stereocenters. The normalized spacial score (nSPS) is 31.5. The van der Waals surface area contributed by atoms with E-state index < -0.39 is 34.6 Å². The average molecular weight is 403 g/mol. The summed E-state index contributed by atoms with van der Waals surface area (Å²) in [5.41, 5.74) is 1.23. The van der Waals surface area contributed by atoms with Crippen LogP contribution in [0.1, 0.15) is 44.1 Å². The first-order chi connectivity index (χ1) is 12.8. The zero-order valence-electron chi connectivity index (χ0n) is 14.3. The molecule has 0 heterocycles. The van der Waals surface area contributed by atoms with Crippen molar-refractivity contribution < 1.29 is 22.0 Å². The van der Waals surface area contributed by atoms with E-state index in [0.29, 0.717) is 24.0 Å². The lowest BCUT2D eigenvalue weighted by molar-refractivity contribution is -0.0101. The Bertz CT molecular complexity index is 761. The Morgan fingerprint density at radius 1 is 0.852 bits per heavy atom. The van der Waals surface area contributed by atoms with Gasteiger partial charge in [-0.05, 0) is 68.5 Å². The van der Waals surface area contributed by atoms with Crippen LogP contribution < -0.4 is 10.7 Å². The quantitative estimate of drug-likeness (QED) is 0.199. The maximum atomic E-state index is 13.6. The van der Waals surface area contributed by atoms with Crippen LogP contribution in [0.4, 0.5) is 22.0 Å². The minimum absolute atomic E-state index is 0.0844. The molecule has 1 aromatic carbocycles. The first-order valence-corrected chi connectivity index (χ1v) is 9.31. The summed E-state index contributed by atoms with van der Waals surface area (Å²) in [6.45, 7) is 0. The smallest absolute Gasteiger partial charge is 0.200 e. The lowest BCUT2D eigenvalue weighted by Gasteiger charge is -2.57. The van der Waals surface area contributed by atoms with Crippen LogP contribution in [0.15, 0.2) is 5.10 Å². The van der Waals surface area contributed by atoms with E-state index in [1.54, 1.807) is 0 Å². The molecule has 146 valence electrons. The van der Waals surface area contributed by atoms with E-state index in [2.05, 4.69) is 15.8 Å². The number of rotatable bonds is 3. The van der Waals surface area contributed by atoms with E-state index >= 15 is 0 Å². The molecule has 3 nitrogen and oxygen atoms in total. The molecule has 0 aliphatic heterocycles. The third kappa shape index (κ3) is 3.30. The number of nitrogens with one attached hydrogen (secondary N) is 2. The summed E-state index contributed by atoms with van der Waals surface area (Å²) in [5, 5.41) is 7.02. The van der Waals surface area contributed by atoms with Gasteiger partial charge in [-0.15, -0.1) is 0 Å². The van der Waals surface area contributed by atoms with E-state index in [9.17, 15) is 22.0 Å². The summed E-state index contributed by atoms with van der Waals surface area (Å²) in [6, 6.07) is 0. The lowest BCUT2D eigenvalue weighted by atomic mass is 9.53. The molecule has 0 radical (unpaired) electrons. The molecule has 4 fully saturated rings. The van der Waals surface area contributed by atoms with Crippen LogP contribution in [0.5, 0.6) is 0 Å². The molecule has 0 unspecified atom stereocenters. The maximum absolute atomic E-state index is 13.6. The first-order valence-electron chi connectivity index (χ1n) is 8.90. The van der Waals surface area contributed by atoms with Gasteiger partial charge in [-0.1, -0.05) is 0 Å². The summed E-state index contributed by atoms with van der Waals surface area (Å²) in [6.07, 6.45) is 7.43. The fourth-order valence-corrected chi connectivity index (χ4v) is 5.69. The fourth-order valence-electron chi connectivity index (χ4n) is 5.42. The molecule has 27 heavy (non-hydrogen) atoms. The molecular formula is C18H18F5N3S. The second-order valence-corrected chi connectivity index (χ2v) is 8.41. The standard InChI is InChI=1S/C18H18F5N3S/c19-12-11(13(20)15(22)16(23)14(12)21)7-24-26-17(27)25-18-4-8-1-9(5-18)3-10(2-8)6-18/h7-10H,1-6H2,(H2,25,26,27). The number of nitrogens with zero attached hydrogens (tertiary/aromatic N) is 1. The number of halogens is 5. The van der Waals surface area contributed by atoms with Gasteiger partial charge in [0.15, 0.2) is 28.4 Å². The van der Waals surface area contributed by atoms with Crippen molar-refractivity contribution in [2.24, 2.45) is 22.9 Å². The molecule has 0 aromatic heterocycles. The highest BCUT2D eigenvalue weighted by Gasteiger charge is 2.51. The lowest BCUT2D eigenvalue weighted by Crippen LogP contribution is -2.61. The molecule has 4 aliphatic carbocycles. The van der Waals surface area contributed by atoms with Crippen molar-refractivity contribution in [3.63, 3.8) is 0 Å². The van der Waals surface area contributed by atoms with Crippen LogP contribution in [-0.4, -0.2) is 16.9 Å². The second-order valence-electron chi connectivity index (χ2n) is 8.01. The predicted octanol–water partition coefficient (Wildman–Crippen LogP) is 4.15. The van der Waals surface area contributed by atoms with Gasteiger partial charge in [0.1, 0.15) is 0 Å². The van der Waals surface area contributed by atoms with E-state index in [4.69, 9.17) is 12.2 Å². The molecule has 0 amide bonds. The highest BCUT2D eigenvalue weighted by atomic mass is 32.1. The van der Waals surface area contributed by atoms with Gasteiger partial charge in [0.25, 0.3) is 0 Å². The minimum Gasteiger partial charge on any atom is -0.356 e. The topological polar surface area (TPSA) is 36.4 Å². The van der Waals surface area contributed by atoms with Gasteiger partial charge in [-0.25, -0.2) is 22.0 Å². The van der Waals surface area contributed by atoms with Crippen LogP contribution in [0.3, 0.4) is 0 Å². The predicted molar refractivity (Wildman–Crippen MR) is 93.6 cm³/mol. The Morgan fingerprint density at radius 2 is 1.30 bits per heavy atom. The number of hydrogen-bond acceptors (Lipinski definition) is 2. The van der Waals surface area contributed by atoms with Crippen LogP contribution in [0.25, 0.3) is 0 Å². The molecule has 9 heteroatoms. The number of hydrogen-bond donors (Lipinski definition) is 2. The van der Waals surface area contributed by atoms with Gasteiger partial charge in [-0.2, -0.15) is 5.10 Å². The Labute approximate surface area is 158 Å². The van der Waals surface area contributed by atoms with Gasteiger partial charge in [0.05, 0.1) is 11.8 Å². The summed E-state index contributed by atoms with van der Waals surface area (Å²) in [5.74, 6) is -7.99. The molecule has 1 aromatic rings. The largest absolute Gasteiger partial charge is 0.356 e. The Hall–Kier alpha value is -1.77. The Balaban J connectivity index is 1.43. The second kappa shape index (κ2) is 6.68. The van der Waals surface area contributed by atoms with Crippen molar-refractivity contribution in [2.75, 3.05) is 0 Å². The minimum atomic E-state index is -2.20. The molecule has 5 rings (SSSR count). The SMILES string of the molecule is Fc1c(F)c(F)c(C=NNC(=S)NC23CC4CC(CC(C4)C2)C3)c(F)c1F. The summed E-state index contributed by atoms with van der Waals surface area (Å²) < 4.78 is 66.7. The number of thiocarbonyl (C=S) groups is 1. The molecular weight excluding hydrogens is 385 g/mol. The van der Waals surface area contributed by atoms with Gasteiger partial charge < -0.3 is 5.32 Å². The third-order valence-corrected chi connectivity index (χ3v) is 6.21. The Kier molecular flexibility index (Phi) is 4.60. The summed E-state index contributed by atoms with van der Waals surface area (Å²) in [4.78, 5) is 0. The highest BCUT2D eigenvalue weighted by Crippen LogP contribution is 2.55.